The third-order valence-corrected chi connectivity index (χ3v) is 3.26. The summed E-state index contributed by atoms with van der Waals surface area (Å²) in [6.45, 7) is 3.92. The van der Waals surface area contributed by atoms with Crippen molar-refractivity contribution in [2.24, 2.45) is 0 Å². The largest absolute Gasteiger partial charge is 0.326 e. The van der Waals surface area contributed by atoms with Crippen LogP contribution in [0.15, 0.2) is 42.5 Å². The summed E-state index contributed by atoms with van der Waals surface area (Å²) < 4.78 is 13.4. The van der Waals surface area contributed by atoms with Gasteiger partial charge in [0.2, 0.25) is 11.8 Å². The number of carbonyl (C=O) groups is 2. The number of aryl methyl sites for hydroxylation is 2. The number of amides is 2. The number of anilines is 2. The number of benzene rings is 2. The summed E-state index contributed by atoms with van der Waals surface area (Å²) >= 11 is 0. The predicted molar refractivity (Wildman–Crippen MR) is 84.2 cm³/mol. The van der Waals surface area contributed by atoms with Gasteiger partial charge in [0.1, 0.15) is 12.2 Å². The number of carbonyl (C=O) groups excluding carboxylic acids is 2. The molecule has 5 heteroatoms. The second-order valence-electron chi connectivity index (χ2n) is 5.05. The van der Waals surface area contributed by atoms with Crippen molar-refractivity contribution in [2.75, 3.05) is 10.6 Å². The fraction of sp³-hybridized carbons (Fsp3) is 0.176. The van der Waals surface area contributed by atoms with Gasteiger partial charge in [-0.25, -0.2) is 4.39 Å². The summed E-state index contributed by atoms with van der Waals surface area (Å²) in [5, 5.41) is 5.02. The van der Waals surface area contributed by atoms with Gasteiger partial charge in [-0.15, -0.1) is 0 Å². The standard InChI is InChI=1S/C17H17FN2O2/c1-11-7-8-13(9-12(11)2)19-16(21)10-17(22)20-15-6-4-3-5-14(15)18/h3-9H,10H2,1-2H3,(H,19,21)(H,20,22). The Morgan fingerprint density at radius 2 is 1.64 bits per heavy atom. The summed E-state index contributed by atoms with van der Waals surface area (Å²) in [5.41, 5.74) is 2.86. The van der Waals surface area contributed by atoms with Gasteiger partial charge in [-0.2, -0.15) is 0 Å². The van der Waals surface area contributed by atoms with E-state index in [1.165, 1.54) is 18.2 Å². The highest BCUT2D eigenvalue weighted by Gasteiger charge is 2.12. The van der Waals surface area contributed by atoms with E-state index in [0.717, 1.165) is 11.1 Å². The van der Waals surface area contributed by atoms with E-state index in [2.05, 4.69) is 10.6 Å². The maximum Gasteiger partial charge on any atom is 0.233 e. The van der Waals surface area contributed by atoms with E-state index in [0.29, 0.717) is 5.69 Å². The zero-order valence-electron chi connectivity index (χ0n) is 12.4. The lowest BCUT2D eigenvalue weighted by atomic mass is 10.1. The van der Waals surface area contributed by atoms with Gasteiger partial charge in [0.25, 0.3) is 0 Å². The van der Waals surface area contributed by atoms with Crippen molar-refractivity contribution in [3.05, 3.63) is 59.4 Å². The molecule has 2 aromatic rings. The molecule has 0 aromatic heterocycles. The Morgan fingerprint density at radius 1 is 0.955 bits per heavy atom. The van der Waals surface area contributed by atoms with Gasteiger partial charge in [0, 0.05) is 5.69 Å². The molecule has 22 heavy (non-hydrogen) atoms. The van der Waals surface area contributed by atoms with Gasteiger partial charge in [-0.05, 0) is 49.2 Å². The average molecular weight is 300 g/mol. The normalized spacial score (nSPS) is 10.1. The predicted octanol–water partition coefficient (Wildman–Crippen LogP) is 3.41. The van der Waals surface area contributed by atoms with Crippen molar-refractivity contribution in [2.45, 2.75) is 20.3 Å². The van der Waals surface area contributed by atoms with E-state index in [9.17, 15) is 14.0 Å². The van der Waals surface area contributed by atoms with E-state index in [-0.39, 0.29) is 12.1 Å². The fourth-order valence-corrected chi connectivity index (χ4v) is 1.93. The first kappa shape index (κ1) is 15.7. The summed E-state index contributed by atoms with van der Waals surface area (Å²) in [7, 11) is 0. The van der Waals surface area contributed by atoms with Crippen LogP contribution in [-0.2, 0) is 9.59 Å². The number of rotatable bonds is 4. The zero-order valence-corrected chi connectivity index (χ0v) is 12.4. The van der Waals surface area contributed by atoms with E-state index < -0.39 is 17.6 Å². The van der Waals surface area contributed by atoms with Gasteiger partial charge in [0.15, 0.2) is 0 Å². The molecule has 0 aliphatic heterocycles. The van der Waals surface area contributed by atoms with Gasteiger partial charge in [-0.1, -0.05) is 18.2 Å². The molecule has 0 unspecified atom stereocenters. The minimum atomic E-state index is -0.563. The molecule has 0 fully saturated rings. The lowest BCUT2D eigenvalue weighted by molar-refractivity contribution is -0.123. The molecule has 0 aliphatic rings. The molecule has 0 saturated heterocycles. The van der Waals surface area contributed by atoms with Crippen LogP contribution in [0.3, 0.4) is 0 Å². The Morgan fingerprint density at radius 3 is 2.32 bits per heavy atom. The molecule has 2 rings (SSSR count). The molecule has 0 spiro atoms. The van der Waals surface area contributed by atoms with Gasteiger partial charge < -0.3 is 10.6 Å². The molecule has 2 amide bonds. The van der Waals surface area contributed by atoms with Crippen molar-refractivity contribution in [3.63, 3.8) is 0 Å². The van der Waals surface area contributed by atoms with Crippen LogP contribution < -0.4 is 10.6 Å². The molecule has 0 heterocycles. The smallest absolute Gasteiger partial charge is 0.233 e. The van der Waals surface area contributed by atoms with Crippen LogP contribution in [0.1, 0.15) is 17.5 Å². The summed E-state index contributed by atoms with van der Waals surface area (Å²) in [6.07, 6.45) is -0.374. The molecule has 2 aromatic carbocycles. The summed E-state index contributed by atoms with van der Waals surface area (Å²) in [5.74, 6) is -1.55. The van der Waals surface area contributed by atoms with Crippen molar-refractivity contribution in [1.82, 2.24) is 0 Å². The monoisotopic (exact) mass is 300 g/mol. The molecule has 0 radical (unpaired) electrons. The maximum atomic E-state index is 13.4. The highest BCUT2D eigenvalue weighted by Crippen LogP contribution is 2.15. The molecule has 4 nitrogen and oxygen atoms in total. The van der Waals surface area contributed by atoms with Crippen LogP contribution in [0.4, 0.5) is 15.8 Å². The molecule has 0 atom stereocenters. The number of para-hydroxylation sites is 1. The molecule has 0 aliphatic carbocycles. The van der Waals surface area contributed by atoms with E-state index in [4.69, 9.17) is 0 Å². The van der Waals surface area contributed by atoms with Crippen molar-refractivity contribution < 1.29 is 14.0 Å². The van der Waals surface area contributed by atoms with Crippen LogP contribution >= 0.6 is 0 Å². The van der Waals surface area contributed by atoms with E-state index >= 15 is 0 Å². The summed E-state index contributed by atoms with van der Waals surface area (Å²) in [4.78, 5) is 23.6. The lowest BCUT2D eigenvalue weighted by Gasteiger charge is -2.08. The SMILES string of the molecule is Cc1ccc(NC(=O)CC(=O)Nc2ccccc2F)cc1C. The quantitative estimate of drug-likeness (QED) is 0.850. The van der Waals surface area contributed by atoms with E-state index in [1.54, 1.807) is 12.1 Å². The third-order valence-electron chi connectivity index (χ3n) is 3.26. The topological polar surface area (TPSA) is 58.2 Å². The Bertz CT molecular complexity index is 714. The Hall–Kier alpha value is -2.69. The van der Waals surface area contributed by atoms with Gasteiger partial charge in [0.05, 0.1) is 5.69 Å². The molecular formula is C17H17FN2O2. The first-order chi connectivity index (χ1) is 10.5. The van der Waals surface area contributed by atoms with Crippen molar-refractivity contribution in [3.8, 4) is 0 Å². The third kappa shape index (κ3) is 4.15. The average Bonchev–Trinajstić information content (AvgIpc) is 2.45. The second kappa shape index (κ2) is 6.85. The lowest BCUT2D eigenvalue weighted by Crippen LogP contribution is -2.21. The molecule has 0 bridgehead atoms. The number of nitrogens with one attached hydrogen (secondary N) is 2. The highest BCUT2D eigenvalue weighted by molar-refractivity contribution is 6.08. The number of halogens is 1. The molecule has 0 saturated carbocycles. The Balaban J connectivity index is 1.92. The first-order valence-electron chi connectivity index (χ1n) is 6.87. The van der Waals surface area contributed by atoms with Crippen LogP contribution in [0.25, 0.3) is 0 Å². The highest BCUT2D eigenvalue weighted by atomic mass is 19.1. The number of hydrogen-bond acceptors (Lipinski definition) is 2. The van der Waals surface area contributed by atoms with Gasteiger partial charge >= 0.3 is 0 Å². The summed E-state index contributed by atoms with van der Waals surface area (Å²) in [6, 6.07) is 11.3. The van der Waals surface area contributed by atoms with Crippen molar-refractivity contribution in [1.29, 1.82) is 0 Å². The number of hydrogen-bond donors (Lipinski definition) is 2. The van der Waals surface area contributed by atoms with E-state index in [1.807, 2.05) is 26.0 Å². The van der Waals surface area contributed by atoms with Crippen LogP contribution in [0.5, 0.6) is 0 Å². The first-order valence-corrected chi connectivity index (χ1v) is 6.87. The Labute approximate surface area is 128 Å². The fourth-order valence-electron chi connectivity index (χ4n) is 1.93. The Kier molecular flexibility index (Phi) is 4.88. The molecular weight excluding hydrogens is 283 g/mol. The van der Waals surface area contributed by atoms with Gasteiger partial charge in [-0.3, -0.25) is 9.59 Å². The zero-order chi connectivity index (χ0) is 16.1. The maximum absolute atomic E-state index is 13.4. The minimum Gasteiger partial charge on any atom is -0.326 e. The van der Waals surface area contributed by atoms with Crippen LogP contribution in [0.2, 0.25) is 0 Å². The minimum absolute atomic E-state index is 0.0616. The molecule has 114 valence electrons. The van der Waals surface area contributed by atoms with Crippen molar-refractivity contribution >= 4 is 23.2 Å². The second-order valence-corrected chi connectivity index (χ2v) is 5.05. The van der Waals surface area contributed by atoms with Crippen LogP contribution in [0, 0.1) is 19.7 Å². The van der Waals surface area contributed by atoms with Crippen LogP contribution in [-0.4, -0.2) is 11.8 Å². The molecule has 2 N–H and O–H groups in total.